The number of nitrogens with zero attached hydrogens (tertiary/aromatic N) is 3. The van der Waals surface area contributed by atoms with Crippen LogP contribution in [0.5, 0.6) is 5.75 Å². The monoisotopic (exact) mass is 505 g/mol. The van der Waals surface area contributed by atoms with Gasteiger partial charge < -0.3 is 19.8 Å². The third-order valence-electron chi connectivity index (χ3n) is 5.00. The summed E-state index contributed by atoms with van der Waals surface area (Å²) < 4.78 is 8.09. The number of ether oxygens (including phenoxy) is 1. The Hall–Kier alpha value is -2.29. The maximum absolute atomic E-state index is 5.99. The van der Waals surface area contributed by atoms with Gasteiger partial charge in [0.05, 0.1) is 18.8 Å². The number of aromatic nitrogens is 2. The second kappa shape index (κ2) is 9.96. The van der Waals surface area contributed by atoms with E-state index in [1.807, 2.05) is 30.3 Å². The van der Waals surface area contributed by atoms with Crippen molar-refractivity contribution in [2.24, 2.45) is 10.9 Å². The molecule has 1 saturated carbocycles. The van der Waals surface area contributed by atoms with E-state index in [0.29, 0.717) is 13.1 Å². The van der Waals surface area contributed by atoms with Crippen LogP contribution in [-0.2, 0) is 13.1 Å². The number of hydrogen-bond acceptors (Lipinski definition) is 3. The van der Waals surface area contributed by atoms with E-state index in [4.69, 9.17) is 4.74 Å². The van der Waals surface area contributed by atoms with E-state index in [2.05, 4.69) is 50.3 Å². The molecule has 0 spiro atoms. The van der Waals surface area contributed by atoms with Gasteiger partial charge in [-0.2, -0.15) is 0 Å². The van der Waals surface area contributed by atoms with Crippen molar-refractivity contribution in [2.75, 3.05) is 13.7 Å². The van der Waals surface area contributed by atoms with E-state index >= 15 is 0 Å². The maximum atomic E-state index is 5.99. The number of nitrogens with one attached hydrogen (secondary N) is 2. The first kappa shape index (κ1) is 21.4. The molecule has 6 nitrogen and oxygen atoms in total. The number of fused-ring (bicyclic) bond motifs is 1. The van der Waals surface area contributed by atoms with Crippen LogP contribution < -0.4 is 15.4 Å². The van der Waals surface area contributed by atoms with Crippen LogP contribution in [0.4, 0.5) is 0 Å². The highest BCUT2D eigenvalue weighted by Crippen LogP contribution is 2.30. The molecule has 0 radical (unpaired) electrons. The second-order valence-corrected chi connectivity index (χ2v) is 7.27. The maximum Gasteiger partial charge on any atom is 0.191 e. The molecule has 1 aliphatic rings. The Morgan fingerprint density at radius 2 is 1.93 bits per heavy atom. The predicted molar refractivity (Wildman–Crippen MR) is 127 cm³/mol. The van der Waals surface area contributed by atoms with Gasteiger partial charge in [0.2, 0.25) is 0 Å². The van der Waals surface area contributed by atoms with Gasteiger partial charge in [0.25, 0.3) is 0 Å². The van der Waals surface area contributed by atoms with E-state index in [0.717, 1.165) is 41.1 Å². The summed E-state index contributed by atoms with van der Waals surface area (Å²) in [7, 11) is 1.78. The zero-order chi connectivity index (χ0) is 19.3. The van der Waals surface area contributed by atoms with Crippen LogP contribution in [0.2, 0.25) is 0 Å². The van der Waals surface area contributed by atoms with Gasteiger partial charge in [0, 0.05) is 31.0 Å². The number of halogens is 1. The quantitative estimate of drug-likeness (QED) is 0.291. The van der Waals surface area contributed by atoms with Crippen molar-refractivity contribution in [3.05, 3.63) is 65.6 Å². The number of pyridine rings is 1. The largest absolute Gasteiger partial charge is 0.493 e. The second-order valence-electron chi connectivity index (χ2n) is 7.27. The van der Waals surface area contributed by atoms with E-state index in [1.54, 1.807) is 7.05 Å². The fraction of sp³-hybridized carbons (Fsp3) is 0.364. The lowest BCUT2D eigenvalue weighted by atomic mass is 10.2. The smallest absolute Gasteiger partial charge is 0.191 e. The molecule has 1 aromatic carbocycles. The molecular weight excluding hydrogens is 477 g/mol. The van der Waals surface area contributed by atoms with Crippen molar-refractivity contribution in [1.29, 1.82) is 0 Å². The fourth-order valence-electron chi connectivity index (χ4n) is 3.14. The summed E-state index contributed by atoms with van der Waals surface area (Å²) in [5.41, 5.74) is 4.24. The average Bonchev–Trinajstić information content (AvgIpc) is 3.45. The van der Waals surface area contributed by atoms with Gasteiger partial charge in [-0.3, -0.25) is 4.99 Å². The highest BCUT2D eigenvalue weighted by atomic mass is 127. The Morgan fingerprint density at radius 3 is 2.69 bits per heavy atom. The molecule has 7 heteroatoms. The lowest BCUT2D eigenvalue weighted by Gasteiger charge is -2.14. The first-order chi connectivity index (χ1) is 13.7. The molecule has 0 aliphatic heterocycles. The van der Waals surface area contributed by atoms with Crippen LogP contribution in [0.1, 0.15) is 29.8 Å². The average molecular weight is 505 g/mol. The van der Waals surface area contributed by atoms with E-state index in [1.165, 1.54) is 18.5 Å². The Labute approximate surface area is 188 Å². The van der Waals surface area contributed by atoms with Crippen LogP contribution >= 0.6 is 24.0 Å². The van der Waals surface area contributed by atoms with Gasteiger partial charge in [-0.25, -0.2) is 4.98 Å². The first-order valence-corrected chi connectivity index (χ1v) is 9.82. The number of guanidine groups is 1. The van der Waals surface area contributed by atoms with Crippen LogP contribution in [-0.4, -0.2) is 29.0 Å². The van der Waals surface area contributed by atoms with Crippen molar-refractivity contribution >= 4 is 35.6 Å². The standard InChI is InChI=1S/C22H27N5O.HI/c1-16-6-5-9-21-26-19(14-27(16)21)13-25-22(23-2)24-12-18-7-3-4-8-20(18)28-15-17-10-11-17;/h3-9,14,17H,10-13,15H2,1-2H3,(H2,23,24,25);1H. The molecule has 4 rings (SSSR count). The third-order valence-corrected chi connectivity index (χ3v) is 5.00. The molecule has 1 fully saturated rings. The lowest BCUT2D eigenvalue weighted by Crippen LogP contribution is -2.36. The topological polar surface area (TPSA) is 63.0 Å². The van der Waals surface area contributed by atoms with Gasteiger partial charge in [-0.05, 0) is 43.9 Å². The Balaban J connectivity index is 0.00000240. The number of imidazole rings is 1. The van der Waals surface area contributed by atoms with Crippen LogP contribution in [0, 0.1) is 12.8 Å². The molecule has 3 aromatic rings. The lowest BCUT2D eigenvalue weighted by molar-refractivity contribution is 0.296. The zero-order valence-corrected chi connectivity index (χ0v) is 19.2. The summed E-state index contributed by atoms with van der Waals surface area (Å²) in [5, 5.41) is 6.71. The van der Waals surface area contributed by atoms with Crippen LogP contribution in [0.25, 0.3) is 5.65 Å². The molecule has 2 N–H and O–H groups in total. The molecule has 2 heterocycles. The Bertz CT molecular complexity index is 980. The molecule has 29 heavy (non-hydrogen) atoms. The molecule has 0 saturated heterocycles. The minimum atomic E-state index is 0. The molecular formula is C22H28IN5O. The Kier molecular flexibility index (Phi) is 7.35. The number of aliphatic imine (C=N–C) groups is 1. The molecule has 0 amide bonds. The summed E-state index contributed by atoms with van der Waals surface area (Å²) in [5.74, 6) is 2.43. The number of aryl methyl sites for hydroxylation is 1. The van der Waals surface area contributed by atoms with E-state index in [-0.39, 0.29) is 24.0 Å². The molecule has 0 unspecified atom stereocenters. The molecule has 2 aromatic heterocycles. The van der Waals surface area contributed by atoms with Gasteiger partial charge in [-0.15, -0.1) is 24.0 Å². The van der Waals surface area contributed by atoms with E-state index in [9.17, 15) is 0 Å². The van der Waals surface area contributed by atoms with Crippen molar-refractivity contribution < 1.29 is 4.74 Å². The number of benzene rings is 1. The van der Waals surface area contributed by atoms with Crippen LogP contribution in [0.15, 0.2) is 53.7 Å². The minimum Gasteiger partial charge on any atom is -0.493 e. The fourth-order valence-corrected chi connectivity index (χ4v) is 3.14. The van der Waals surface area contributed by atoms with Gasteiger partial charge in [0.15, 0.2) is 5.96 Å². The van der Waals surface area contributed by atoms with Crippen LogP contribution in [0.3, 0.4) is 0 Å². The first-order valence-electron chi connectivity index (χ1n) is 9.82. The predicted octanol–water partition coefficient (Wildman–Crippen LogP) is 3.91. The van der Waals surface area contributed by atoms with Crippen molar-refractivity contribution in [2.45, 2.75) is 32.9 Å². The van der Waals surface area contributed by atoms with Gasteiger partial charge >= 0.3 is 0 Å². The molecule has 154 valence electrons. The van der Waals surface area contributed by atoms with Gasteiger partial charge in [0.1, 0.15) is 11.4 Å². The SMILES string of the molecule is CN=C(NCc1cn2c(C)cccc2n1)NCc1ccccc1OCC1CC1.I. The third kappa shape index (κ3) is 5.62. The highest BCUT2D eigenvalue weighted by molar-refractivity contribution is 14.0. The number of hydrogen-bond donors (Lipinski definition) is 2. The van der Waals surface area contributed by atoms with Gasteiger partial charge in [-0.1, -0.05) is 24.3 Å². The van der Waals surface area contributed by atoms with Crippen molar-refractivity contribution in [3.63, 3.8) is 0 Å². The summed E-state index contributed by atoms with van der Waals surface area (Å²) in [6.07, 6.45) is 4.64. The van der Waals surface area contributed by atoms with Crippen molar-refractivity contribution in [3.8, 4) is 5.75 Å². The number of rotatable bonds is 7. The summed E-state index contributed by atoms with van der Waals surface area (Å²) in [4.78, 5) is 8.98. The normalized spacial score (nSPS) is 13.8. The molecule has 0 bridgehead atoms. The zero-order valence-electron chi connectivity index (χ0n) is 16.9. The highest BCUT2D eigenvalue weighted by Gasteiger charge is 2.22. The number of para-hydroxylation sites is 1. The Morgan fingerprint density at radius 1 is 1.14 bits per heavy atom. The summed E-state index contributed by atoms with van der Waals surface area (Å²) in [6.45, 7) is 4.16. The van der Waals surface area contributed by atoms with E-state index < -0.39 is 0 Å². The molecule has 0 atom stereocenters. The molecule has 1 aliphatic carbocycles. The minimum absolute atomic E-state index is 0. The summed E-state index contributed by atoms with van der Waals surface area (Å²) in [6, 6.07) is 14.3. The van der Waals surface area contributed by atoms with Crippen molar-refractivity contribution in [1.82, 2.24) is 20.0 Å². The summed E-state index contributed by atoms with van der Waals surface area (Å²) >= 11 is 0.